The largest absolute Gasteiger partial charge is 0.423 e. The third kappa shape index (κ3) is 5.12. The van der Waals surface area contributed by atoms with Crippen LogP contribution in [0.4, 0.5) is 0 Å². The number of para-hydroxylation sites is 2. The van der Waals surface area contributed by atoms with Crippen LogP contribution in [0.15, 0.2) is 24.3 Å². The van der Waals surface area contributed by atoms with E-state index < -0.39 is 0 Å². The van der Waals surface area contributed by atoms with Crippen LogP contribution in [0, 0.1) is 11.8 Å². The van der Waals surface area contributed by atoms with Crippen molar-refractivity contribution in [3.63, 3.8) is 0 Å². The van der Waals surface area contributed by atoms with Crippen LogP contribution in [-0.4, -0.2) is 11.9 Å². The second-order valence-corrected chi connectivity index (χ2v) is 5.09. The number of carbonyl (C=O) groups excluding carboxylic acids is 2. The molecule has 0 N–H and O–H groups in total. The van der Waals surface area contributed by atoms with E-state index in [2.05, 4.69) is 0 Å². The Labute approximate surface area is 113 Å². The van der Waals surface area contributed by atoms with Gasteiger partial charge in [-0.3, -0.25) is 9.59 Å². The Hall–Kier alpha value is -1.84. The quantitative estimate of drug-likeness (QED) is 0.605. The molecule has 0 unspecified atom stereocenters. The van der Waals surface area contributed by atoms with Gasteiger partial charge in [0.15, 0.2) is 11.5 Å². The molecule has 0 aromatic heterocycles. The zero-order chi connectivity index (χ0) is 14.4. The SMILES string of the molecule is CC(C)CC(=O)Oc1ccccc1OC(=O)C(C)C. The smallest absolute Gasteiger partial charge is 0.313 e. The summed E-state index contributed by atoms with van der Waals surface area (Å²) >= 11 is 0. The highest BCUT2D eigenvalue weighted by molar-refractivity contribution is 5.77. The molecule has 4 nitrogen and oxygen atoms in total. The first-order chi connectivity index (χ1) is 8.90. The lowest BCUT2D eigenvalue weighted by Crippen LogP contribution is -2.16. The predicted octanol–water partition coefficient (Wildman–Crippen LogP) is 3.20. The number of hydrogen-bond donors (Lipinski definition) is 0. The molecule has 0 aliphatic heterocycles. The molecule has 0 heterocycles. The standard InChI is InChI=1S/C15H20O4/c1-10(2)9-14(16)18-12-7-5-6-8-13(12)19-15(17)11(3)4/h5-8,10-11H,9H2,1-4H3. The molecule has 1 aromatic rings. The van der Waals surface area contributed by atoms with Crippen molar-refractivity contribution in [3.8, 4) is 11.5 Å². The average molecular weight is 264 g/mol. The highest BCUT2D eigenvalue weighted by Gasteiger charge is 2.15. The molecule has 0 bridgehead atoms. The molecule has 0 amide bonds. The summed E-state index contributed by atoms with van der Waals surface area (Å²) in [6, 6.07) is 6.67. The van der Waals surface area contributed by atoms with Crippen LogP contribution in [0.3, 0.4) is 0 Å². The van der Waals surface area contributed by atoms with Gasteiger partial charge in [0.05, 0.1) is 5.92 Å². The third-order valence-electron chi connectivity index (χ3n) is 2.33. The summed E-state index contributed by atoms with van der Waals surface area (Å²) in [5, 5.41) is 0. The molecule has 0 aliphatic rings. The normalized spacial score (nSPS) is 10.6. The van der Waals surface area contributed by atoms with Gasteiger partial charge in [-0.1, -0.05) is 39.8 Å². The maximum absolute atomic E-state index is 11.6. The molecular formula is C15H20O4. The lowest BCUT2D eigenvalue weighted by Gasteiger charge is -2.12. The summed E-state index contributed by atoms with van der Waals surface area (Å²) < 4.78 is 10.4. The monoisotopic (exact) mass is 264 g/mol. The van der Waals surface area contributed by atoms with Crippen LogP contribution >= 0.6 is 0 Å². The summed E-state index contributed by atoms with van der Waals surface area (Å²) in [6.07, 6.45) is 0.326. The van der Waals surface area contributed by atoms with Gasteiger partial charge in [0.2, 0.25) is 0 Å². The van der Waals surface area contributed by atoms with Crippen LogP contribution in [0.25, 0.3) is 0 Å². The summed E-state index contributed by atoms with van der Waals surface area (Å²) in [5.41, 5.74) is 0. The van der Waals surface area contributed by atoms with Gasteiger partial charge in [-0.05, 0) is 18.1 Å². The predicted molar refractivity (Wildman–Crippen MR) is 72.0 cm³/mol. The lowest BCUT2D eigenvalue weighted by molar-refractivity contribution is -0.139. The summed E-state index contributed by atoms with van der Waals surface area (Å²) in [7, 11) is 0. The van der Waals surface area contributed by atoms with E-state index in [1.807, 2.05) is 13.8 Å². The van der Waals surface area contributed by atoms with E-state index in [9.17, 15) is 9.59 Å². The Morgan fingerprint density at radius 1 is 1.00 bits per heavy atom. The first-order valence-electron chi connectivity index (χ1n) is 6.41. The Morgan fingerprint density at radius 2 is 1.53 bits per heavy atom. The molecule has 0 atom stereocenters. The van der Waals surface area contributed by atoms with Crippen molar-refractivity contribution < 1.29 is 19.1 Å². The van der Waals surface area contributed by atoms with E-state index in [-0.39, 0.29) is 35.3 Å². The molecule has 0 saturated heterocycles. The Balaban J connectivity index is 2.78. The van der Waals surface area contributed by atoms with E-state index in [4.69, 9.17) is 9.47 Å². The maximum Gasteiger partial charge on any atom is 0.313 e. The van der Waals surface area contributed by atoms with Gasteiger partial charge in [0.25, 0.3) is 0 Å². The van der Waals surface area contributed by atoms with Gasteiger partial charge in [0, 0.05) is 6.42 Å². The third-order valence-corrected chi connectivity index (χ3v) is 2.33. The number of esters is 2. The minimum atomic E-state index is -0.354. The average Bonchev–Trinajstić information content (AvgIpc) is 2.30. The van der Waals surface area contributed by atoms with Crippen LogP contribution in [0.2, 0.25) is 0 Å². The number of benzene rings is 1. The first-order valence-corrected chi connectivity index (χ1v) is 6.41. The zero-order valence-corrected chi connectivity index (χ0v) is 11.8. The van der Waals surface area contributed by atoms with Crippen molar-refractivity contribution in [2.24, 2.45) is 11.8 Å². The Bertz CT molecular complexity index is 449. The topological polar surface area (TPSA) is 52.6 Å². The first kappa shape index (κ1) is 15.2. The molecule has 0 aliphatic carbocycles. The number of carbonyl (C=O) groups is 2. The van der Waals surface area contributed by atoms with Gasteiger partial charge in [0.1, 0.15) is 0 Å². The second-order valence-electron chi connectivity index (χ2n) is 5.09. The van der Waals surface area contributed by atoms with E-state index in [0.29, 0.717) is 6.42 Å². The fraction of sp³-hybridized carbons (Fsp3) is 0.467. The van der Waals surface area contributed by atoms with Crippen molar-refractivity contribution in [2.45, 2.75) is 34.1 Å². The molecule has 0 fully saturated rings. The summed E-state index contributed by atoms with van der Waals surface area (Å²) in [6.45, 7) is 7.36. The highest BCUT2D eigenvalue weighted by atomic mass is 16.6. The minimum absolute atomic E-state index is 0.220. The molecule has 0 saturated carbocycles. The van der Waals surface area contributed by atoms with Crippen molar-refractivity contribution in [2.75, 3.05) is 0 Å². The van der Waals surface area contributed by atoms with Crippen molar-refractivity contribution in [1.29, 1.82) is 0 Å². The maximum atomic E-state index is 11.6. The van der Waals surface area contributed by atoms with Gasteiger partial charge >= 0.3 is 11.9 Å². The van der Waals surface area contributed by atoms with E-state index in [0.717, 1.165) is 0 Å². The van der Waals surface area contributed by atoms with E-state index in [1.54, 1.807) is 38.1 Å². The highest BCUT2D eigenvalue weighted by Crippen LogP contribution is 2.27. The second kappa shape index (κ2) is 6.92. The molecule has 0 spiro atoms. The number of ether oxygens (including phenoxy) is 2. The number of hydrogen-bond acceptors (Lipinski definition) is 4. The van der Waals surface area contributed by atoms with Crippen molar-refractivity contribution in [1.82, 2.24) is 0 Å². The molecule has 1 aromatic carbocycles. The van der Waals surface area contributed by atoms with Crippen LogP contribution in [-0.2, 0) is 9.59 Å². The van der Waals surface area contributed by atoms with Gasteiger partial charge < -0.3 is 9.47 Å². The van der Waals surface area contributed by atoms with Crippen molar-refractivity contribution in [3.05, 3.63) is 24.3 Å². The van der Waals surface area contributed by atoms with Crippen molar-refractivity contribution >= 4 is 11.9 Å². The number of rotatable bonds is 5. The van der Waals surface area contributed by atoms with E-state index >= 15 is 0 Å². The summed E-state index contributed by atoms with van der Waals surface area (Å²) in [4.78, 5) is 23.2. The lowest BCUT2D eigenvalue weighted by atomic mass is 10.1. The molecule has 1 rings (SSSR count). The van der Waals surface area contributed by atoms with Gasteiger partial charge in [-0.2, -0.15) is 0 Å². The van der Waals surface area contributed by atoms with Crippen LogP contribution in [0.1, 0.15) is 34.1 Å². The molecule has 104 valence electrons. The zero-order valence-electron chi connectivity index (χ0n) is 11.8. The van der Waals surface area contributed by atoms with Gasteiger partial charge in [-0.25, -0.2) is 0 Å². The van der Waals surface area contributed by atoms with E-state index in [1.165, 1.54) is 0 Å². The fourth-order valence-corrected chi connectivity index (χ4v) is 1.34. The molecule has 4 heteroatoms. The molecule has 0 radical (unpaired) electrons. The van der Waals surface area contributed by atoms with Gasteiger partial charge in [-0.15, -0.1) is 0 Å². The molecular weight excluding hydrogens is 244 g/mol. The molecule has 19 heavy (non-hydrogen) atoms. The van der Waals surface area contributed by atoms with Crippen LogP contribution in [0.5, 0.6) is 11.5 Å². The Morgan fingerprint density at radius 3 is 2.00 bits per heavy atom. The summed E-state index contributed by atoms with van der Waals surface area (Å²) in [5.74, 6) is -0.145. The Kier molecular flexibility index (Phi) is 5.55. The fourth-order valence-electron chi connectivity index (χ4n) is 1.34. The minimum Gasteiger partial charge on any atom is -0.423 e. The van der Waals surface area contributed by atoms with Crippen LogP contribution < -0.4 is 9.47 Å².